The Morgan fingerprint density at radius 3 is 2.52 bits per heavy atom. The number of likely N-dealkylation sites (tertiary alicyclic amines) is 1. The van der Waals surface area contributed by atoms with Gasteiger partial charge < -0.3 is 10.1 Å². The Morgan fingerprint density at radius 1 is 1.00 bits per heavy atom. The summed E-state index contributed by atoms with van der Waals surface area (Å²) < 4.78 is 5.44. The van der Waals surface area contributed by atoms with Gasteiger partial charge in [0, 0.05) is 25.8 Å². The SMILES string of the molecule is O=C(NC1CCCCC1)[C@H]1CCCN1CC1CCOCC1. The van der Waals surface area contributed by atoms with E-state index in [0.29, 0.717) is 11.9 Å². The van der Waals surface area contributed by atoms with Gasteiger partial charge in [-0.3, -0.25) is 9.69 Å². The first kappa shape index (κ1) is 15.3. The van der Waals surface area contributed by atoms with Crippen molar-refractivity contribution in [3.63, 3.8) is 0 Å². The molecule has 0 aromatic rings. The molecule has 4 heteroatoms. The molecular formula is C17H30N2O2. The van der Waals surface area contributed by atoms with Crippen molar-refractivity contribution in [2.45, 2.75) is 69.9 Å². The lowest BCUT2D eigenvalue weighted by molar-refractivity contribution is -0.126. The summed E-state index contributed by atoms with van der Waals surface area (Å²) in [4.78, 5) is 15.0. The first-order valence-corrected chi connectivity index (χ1v) is 8.95. The Bertz CT molecular complexity index is 336. The third-order valence-corrected chi connectivity index (χ3v) is 5.45. The molecule has 3 aliphatic rings. The van der Waals surface area contributed by atoms with Crippen LogP contribution >= 0.6 is 0 Å². The number of hydrogen-bond donors (Lipinski definition) is 1. The highest BCUT2D eigenvalue weighted by Gasteiger charge is 2.33. The van der Waals surface area contributed by atoms with Gasteiger partial charge in [0.05, 0.1) is 6.04 Å². The van der Waals surface area contributed by atoms with Crippen LogP contribution in [0.25, 0.3) is 0 Å². The minimum atomic E-state index is 0.134. The number of hydrogen-bond acceptors (Lipinski definition) is 3. The fourth-order valence-corrected chi connectivity index (χ4v) is 4.15. The molecule has 2 saturated heterocycles. The summed E-state index contributed by atoms with van der Waals surface area (Å²) in [6.45, 7) is 3.99. The van der Waals surface area contributed by atoms with Crippen LogP contribution in [0, 0.1) is 5.92 Å². The minimum Gasteiger partial charge on any atom is -0.381 e. The Morgan fingerprint density at radius 2 is 1.76 bits per heavy atom. The van der Waals surface area contributed by atoms with Gasteiger partial charge in [-0.25, -0.2) is 0 Å². The highest BCUT2D eigenvalue weighted by atomic mass is 16.5. The van der Waals surface area contributed by atoms with Crippen molar-refractivity contribution < 1.29 is 9.53 Å². The van der Waals surface area contributed by atoms with Gasteiger partial charge in [0.1, 0.15) is 0 Å². The molecule has 2 heterocycles. The second kappa shape index (κ2) is 7.59. The van der Waals surface area contributed by atoms with E-state index < -0.39 is 0 Å². The number of rotatable bonds is 4. The van der Waals surface area contributed by atoms with Crippen LogP contribution in [0.4, 0.5) is 0 Å². The Balaban J connectivity index is 1.49. The second-order valence-corrected chi connectivity index (χ2v) is 7.05. The standard InChI is InChI=1S/C17H30N2O2/c20-17(18-15-5-2-1-3-6-15)16-7-4-10-19(16)13-14-8-11-21-12-9-14/h14-16H,1-13H2,(H,18,20)/t16-/m1/s1. The van der Waals surface area contributed by atoms with Crippen molar-refractivity contribution in [2.24, 2.45) is 5.92 Å². The van der Waals surface area contributed by atoms with Crippen LogP contribution in [-0.2, 0) is 9.53 Å². The molecule has 1 atom stereocenters. The number of nitrogens with one attached hydrogen (secondary N) is 1. The monoisotopic (exact) mass is 294 g/mol. The normalized spacial score (nSPS) is 29.6. The van der Waals surface area contributed by atoms with Gasteiger partial charge in [0.15, 0.2) is 0 Å². The molecule has 120 valence electrons. The summed E-state index contributed by atoms with van der Waals surface area (Å²) in [7, 11) is 0. The maximum Gasteiger partial charge on any atom is 0.237 e. The Kier molecular flexibility index (Phi) is 5.53. The molecule has 1 amide bonds. The Labute approximate surface area is 128 Å². The van der Waals surface area contributed by atoms with Gasteiger partial charge in [-0.15, -0.1) is 0 Å². The lowest BCUT2D eigenvalue weighted by Crippen LogP contribution is -2.48. The van der Waals surface area contributed by atoms with E-state index in [0.717, 1.165) is 51.5 Å². The fourth-order valence-electron chi connectivity index (χ4n) is 4.15. The molecule has 0 aromatic carbocycles. The van der Waals surface area contributed by atoms with Crippen LogP contribution in [0.3, 0.4) is 0 Å². The van der Waals surface area contributed by atoms with Crippen LogP contribution in [0.2, 0.25) is 0 Å². The molecule has 0 spiro atoms. The van der Waals surface area contributed by atoms with Crippen molar-refractivity contribution in [1.82, 2.24) is 10.2 Å². The molecule has 2 aliphatic heterocycles. The maximum absolute atomic E-state index is 12.6. The summed E-state index contributed by atoms with van der Waals surface area (Å²) in [6, 6.07) is 0.576. The molecule has 0 bridgehead atoms. The van der Waals surface area contributed by atoms with E-state index in [-0.39, 0.29) is 6.04 Å². The van der Waals surface area contributed by atoms with Crippen LogP contribution in [0.15, 0.2) is 0 Å². The van der Waals surface area contributed by atoms with Crippen molar-refractivity contribution >= 4 is 5.91 Å². The maximum atomic E-state index is 12.6. The molecule has 4 nitrogen and oxygen atoms in total. The predicted octanol–water partition coefficient (Wildman–Crippen LogP) is 2.33. The van der Waals surface area contributed by atoms with E-state index in [1.807, 2.05) is 0 Å². The van der Waals surface area contributed by atoms with Gasteiger partial charge in [0.2, 0.25) is 5.91 Å². The molecule has 0 unspecified atom stereocenters. The zero-order chi connectivity index (χ0) is 14.5. The average molecular weight is 294 g/mol. The third kappa shape index (κ3) is 4.19. The predicted molar refractivity (Wildman–Crippen MR) is 83.2 cm³/mol. The quantitative estimate of drug-likeness (QED) is 0.865. The highest BCUT2D eigenvalue weighted by Crippen LogP contribution is 2.24. The smallest absolute Gasteiger partial charge is 0.237 e. The van der Waals surface area contributed by atoms with Gasteiger partial charge in [-0.05, 0) is 51.0 Å². The van der Waals surface area contributed by atoms with E-state index in [4.69, 9.17) is 4.74 Å². The molecule has 3 rings (SSSR count). The lowest BCUT2D eigenvalue weighted by Gasteiger charge is -2.31. The lowest BCUT2D eigenvalue weighted by atomic mass is 9.95. The zero-order valence-electron chi connectivity index (χ0n) is 13.2. The molecule has 1 aliphatic carbocycles. The van der Waals surface area contributed by atoms with Crippen LogP contribution in [-0.4, -0.2) is 49.2 Å². The Hall–Kier alpha value is -0.610. The number of carbonyl (C=O) groups is 1. The van der Waals surface area contributed by atoms with E-state index >= 15 is 0 Å². The first-order valence-electron chi connectivity index (χ1n) is 8.95. The second-order valence-electron chi connectivity index (χ2n) is 7.05. The molecule has 3 fully saturated rings. The van der Waals surface area contributed by atoms with Crippen LogP contribution in [0.5, 0.6) is 0 Å². The number of carbonyl (C=O) groups excluding carboxylic acids is 1. The molecule has 1 saturated carbocycles. The van der Waals surface area contributed by atoms with E-state index in [2.05, 4.69) is 10.2 Å². The van der Waals surface area contributed by atoms with Crippen molar-refractivity contribution in [2.75, 3.05) is 26.3 Å². The summed E-state index contributed by atoms with van der Waals surface area (Å²) >= 11 is 0. The van der Waals surface area contributed by atoms with E-state index in [1.165, 1.54) is 38.5 Å². The number of amides is 1. The largest absolute Gasteiger partial charge is 0.381 e. The van der Waals surface area contributed by atoms with Gasteiger partial charge in [-0.1, -0.05) is 19.3 Å². The molecule has 21 heavy (non-hydrogen) atoms. The van der Waals surface area contributed by atoms with Crippen molar-refractivity contribution in [3.8, 4) is 0 Å². The zero-order valence-corrected chi connectivity index (χ0v) is 13.2. The third-order valence-electron chi connectivity index (χ3n) is 5.45. The summed E-state index contributed by atoms with van der Waals surface area (Å²) in [5.74, 6) is 1.02. The molecule has 0 aromatic heterocycles. The molecule has 1 N–H and O–H groups in total. The summed E-state index contributed by atoms with van der Waals surface area (Å²) in [5.41, 5.74) is 0. The molecular weight excluding hydrogens is 264 g/mol. The highest BCUT2D eigenvalue weighted by molar-refractivity contribution is 5.82. The first-order chi connectivity index (χ1) is 10.3. The molecule has 0 radical (unpaired) electrons. The topological polar surface area (TPSA) is 41.6 Å². The summed E-state index contributed by atoms with van der Waals surface area (Å²) in [6.07, 6.45) is 10.8. The van der Waals surface area contributed by atoms with E-state index in [9.17, 15) is 4.79 Å². The number of nitrogens with zero attached hydrogens (tertiary/aromatic N) is 1. The van der Waals surface area contributed by atoms with Gasteiger partial charge in [0.25, 0.3) is 0 Å². The van der Waals surface area contributed by atoms with Crippen LogP contribution < -0.4 is 5.32 Å². The van der Waals surface area contributed by atoms with Gasteiger partial charge in [-0.2, -0.15) is 0 Å². The van der Waals surface area contributed by atoms with Gasteiger partial charge >= 0.3 is 0 Å². The number of ether oxygens (including phenoxy) is 1. The average Bonchev–Trinajstić information content (AvgIpc) is 2.97. The summed E-state index contributed by atoms with van der Waals surface area (Å²) in [5, 5.41) is 3.32. The van der Waals surface area contributed by atoms with E-state index in [1.54, 1.807) is 0 Å². The van der Waals surface area contributed by atoms with Crippen LogP contribution in [0.1, 0.15) is 57.8 Å². The minimum absolute atomic E-state index is 0.134. The fraction of sp³-hybridized carbons (Fsp3) is 0.941. The van der Waals surface area contributed by atoms with Crippen molar-refractivity contribution in [1.29, 1.82) is 0 Å². The van der Waals surface area contributed by atoms with Crippen molar-refractivity contribution in [3.05, 3.63) is 0 Å².